The molecule has 0 amide bonds. The largest absolute Gasteiger partial charge is 0.376 e. The van der Waals surface area contributed by atoms with Crippen LogP contribution >= 0.6 is 45.2 Å². The van der Waals surface area contributed by atoms with Gasteiger partial charge in [-0.1, -0.05) is 58.0 Å². The monoisotopic (exact) mass is 828 g/mol. The van der Waals surface area contributed by atoms with Crippen molar-refractivity contribution in [3.05, 3.63) is 97.7 Å². The van der Waals surface area contributed by atoms with Crippen LogP contribution in [0, 0.1) is 7.14 Å². The maximum absolute atomic E-state index is 12.3. The molecule has 0 unspecified atom stereocenters. The van der Waals surface area contributed by atoms with Gasteiger partial charge in [-0.05, 0) is 80.6 Å². The van der Waals surface area contributed by atoms with Crippen molar-refractivity contribution in [2.45, 2.75) is 49.5 Å². The second-order valence-electron chi connectivity index (χ2n) is 11.7. The van der Waals surface area contributed by atoms with Crippen molar-refractivity contribution in [1.29, 1.82) is 0 Å². The molecule has 1 aliphatic heterocycles. The second kappa shape index (κ2) is 13.1. The van der Waals surface area contributed by atoms with Crippen molar-refractivity contribution in [1.82, 2.24) is 19.2 Å². The molecule has 4 aromatic heterocycles. The Kier molecular flexibility index (Phi) is 9.83. The molecular weight excluding hydrogens is 794 g/mol. The first-order chi connectivity index (χ1) is 20.4. The summed E-state index contributed by atoms with van der Waals surface area (Å²) in [7, 11) is -3.76. The summed E-state index contributed by atoms with van der Waals surface area (Å²) >= 11 is 4.53. The zero-order valence-corrected chi connectivity index (χ0v) is 29.5. The van der Waals surface area contributed by atoms with Crippen LogP contribution in [-0.4, -0.2) is 60.2 Å². The Morgan fingerprint density at radius 3 is 1.81 bits per heavy atom. The highest BCUT2D eigenvalue weighted by Crippen LogP contribution is 2.28. The Hall–Kier alpha value is -2.11. The van der Waals surface area contributed by atoms with Gasteiger partial charge in [-0.2, -0.15) is 18.6 Å². The zero-order chi connectivity index (χ0) is 30.8. The first-order valence-electron chi connectivity index (χ1n) is 13.8. The van der Waals surface area contributed by atoms with E-state index in [9.17, 15) is 8.42 Å². The summed E-state index contributed by atoms with van der Waals surface area (Å²) in [5.41, 5.74) is 3.85. The average molecular weight is 829 g/mol. The summed E-state index contributed by atoms with van der Waals surface area (Å²) in [5.74, 6) is 0. The molecule has 0 spiro atoms. The van der Waals surface area contributed by atoms with E-state index in [4.69, 9.17) is 13.7 Å². The number of aromatic nitrogens is 4. The van der Waals surface area contributed by atoms with E-state index in [-0.39, 0.29) is 23.0 Å². The van der Waals surface area contributed by atoms with Gasteiger partial charge in [0.2, 0.25) is 0 Å². The summed E-state index contributed by atoms with van der Waals surface area (Å²) < 4.78 is 46.8. The molecule has 5 heterocycles. The molecule has 0 radical (unpaired) electrons. The Bertz CT molecular complexity index is 1820. The molecule has 1 aliphatic rings. The van der Waals surface area contributed by atoms with Gasteiger partial charge in [0.05, 0.1) is 61.9 Å². The van der Waals surface area contributed by atoms with Crippen molar-refractivity contribution < 1.29 is 22.1 Å². The van der Waals surface area contributed by atoms with Crippen molar-refractivity contribution in [2.75, 3.05) is 26.4 Å². The Balaban J connectivity index is 0.000000176. The number of fused-ring (bicyclic) bond motifs is 2. The number of benzene rings is 1. The standard InChI is InChI=1S/C17H17IN2O3S.C14H17IN2O2/c1-17(2,12-23-24(21,22)14-6-4-3-5-7-14)13-8-9-16-15(18)10-19-20(16)11-13;1-14(2,9-19-11-7-18-8-11)10-3-4-13-12(15)5-16-17(13)6-10/h3-11H,12H2,1-2H3;3-6,11H,7-9H2,1-2H3. The fourth-order valence-electron chi connectivity index (χ4n) is 4.39. The summed E-state index contributed by atoms with van der Waals surface area (Å²) in [6, 6.07) is 16.4. The van der Waals surface area contributed by atoms with Crippen molar-refractivity contribution in [2.24, 2.45) is 0 Å². The van der Waals surface area contributed by atoms with E-state index in [2.05, 4.69) is 87.6 Å². The van der Waals surface area contributed by atoms with Crippen LogP contribution in [0.25, 0.3) is 11.0 Å². The maximum atomic E-state index is 12.3. The van der Waals surface area contributed by atoms with E-state index < -0.39 is 15.5 Å². The van der Waals surface area contributed by atoms with E-state index in [1.54, 1.807) is 28.9 Å². The van der Waals surface area contributed by atoms with E-state index in [1.807, 2.05) is 42.9 Å². The third kappa shape index (κ3) is 7.59. The SMILES string of the molecule is CC(C)(COC1COC1)c1ccc2c(I)cnn2c1.CC(C)(COS(=O)(=O)c1ccccc1)c1ccc2c(I)cnn2c1. The minimum Gasteiger partial charge on any atom is -0.376 e. The molecule has 0 N–H and O–H groups in total. The molecule has 228 valence electrons. The van der Waals surface area contributed by atoms with E-state index in [0.29, 0.717) is 6.61 Å². The quantitative estimate of drug-likeness (QED) is 0.128. The Labute approximate surface area is 279 Å². The van der Waals surface area contributed by atoms with Gasteiger partial charge in [-0.15, -0.1) is 0 Å². The van der Waals surface area contributed by atoms with Crippen LogP contribution in [0.15, 0.2) is 84.3 Å². The van der Waals surface area contributed by atoms with Crippen molar-refractivity contribution >= 4 is 66.3 Å². The van der Waals surface area contributed by atoms with Gasteiger partial charge in [0.25, 0.3) is 10.1 Å². The minimum atomic E-state index is -3.76. The molecule has 43 heavy (non-hydrogen) atoms. The fourth-order valence-corrected chi connectivity index (χ4v) is 6.57. The van der Waals surface area contributed by atoms with Crippen LogP contribution in [0.5, 0.6) is 0 Å². The van der Waals surface area contributed by atoms with Crippen LogP contribution in [0.4, 0.5) is 0 Å². The van der Waals surface area contributed by atoms with Gasteiger partial charge < -0.3 is 9.47 Å². The van der Waals surface area contributed by atoms with E-state index >= 15 is 0 Å². The summed E-state index contributed by atoms with van der Waals surface area (Å²) in [6.07, 6.45) is 7.96. The minimum absolute atomic E-state index is 0.0266. The molecule has 0 bridgehead atoms. The smallest absolute Gasteiger partial charge is 0.297 e. The lowest BCUT2D eigenvalue weighted by atomic mass is 9.86. The van der Waals surface area contributed by atoms with Gasteiger partial charge in [-0.25, -0.2) is 9.03 Å². The van der Waals surface area contributed by atoms with Gasteiger partial charge >= 0.3 is 0 Å². The van der Waals surface area contributed by atoms with Crippen molar-refractivity contribution in [3.63, 3.8) is 0 Å². The lowest BCUT2D eigenvalue weighted by Gasteiger charge is -2.31. The summed E-state index contributed by atoms with van der Waals surface area (Å²) in [4.78, 5) is 0.165. The third-order valence-electron chi connectivity index (χ3n) is 7.40. The molecule has 1 saturated heterocycles. The van der Waals surface area contributed by atoms with Crippen LogP contribution < -0.4 is 0 Å². The van der Waals surface area contributed by atoms with Crippen LogP contribution in [-0.2, 0) is 34.6 Å². The van der Waals surface area contributed by atoms with Crippen LogP contribution in [0.2, 0.25) is 0 Å². The van der Waals surface area contributed by atoms with E-state index in [1.165, 1.54) is 21.3 Å². The second-order valence-corrected chi connectivity index (χ2v) is 15.7. The number of rotatable bonds is 9. The number of hydrogen-bond donors (Lipinski definition) is 0. The highest BCUT2D eigenvalue weighted by Gasteiger charge is 2.27. The van der Waals surface area contributed by atoms with Gasteiger partial charge in [0.15, 0.2) is 0 Å². The van der Waals surface area contributed by atoms with Crippen molar-refractivity contribution in [3.8, 4) is 0 Å². The summed E-state index contributed by atoms with van der Waals surface area (Å²) in [5, 5.41) is 8.66. The number of ether oxygens (including phenoxy) is 2. The number of nitrogens with zero attached hydrogens (tertiary/aromatic N) is 4. The van der Waals surface area contributed by atoms with Gasteiger partial charge in [0.1, 0.15) is 6.10 Å². The molecule has 0 aliphatic carbocycles. The predicted molar refractivity (Wildman–Crippen MR) is 182 cm³/mol. The maximum Gasteiger partial charge on any atom is 0.297 e. The van der Waals surface area contributed by atoms with Crippen LogP contribution in [0.1, 0.15) is 38.8 Å². The molecular formula is C31H34I2N4O5S. The molecule has 0 saturated carbocycles. The summed E-state index contributed by atoms with van der Waals surface area (Å²) in [6.45, 7) is 10.5. The van der Waals surface area contributed by atoms with Gasteiger partial charge in [0, 0.05) is 23.2 Å². The normalized spacial score (nSPS) is 14.5. The molecule has 0 atom stereocenters. The third-order valence-corrected chi connectivity index (χ3v) is 10.3. The van der Waals surface area contributed by atoms with Gasteiger partial charge in [-0.3, -0.25) is 4.18 Å². The lowest BCUT2D eigenvalue weighted by Crippen LogP contribution is -2.39. The number of hydrogen-bond acceptors (Lipinski definition) is 7. The topological polar surface area (TPSA) is 96.4 Å². The van der Waals surface area contributed by atoms with Crippen LogP contribution in [0.3, 0.4) is 0 Å². The average Bonchev–Trinajstić information content (AvgIpc) is 3.53. The Morgan fingerprint density at radius 1 is 0.814 bits per heavy atom. The fraction of sp³-hybridized carbons (Fsp3) is 0.355. The molecule has 1 aromatic carbocycles. The first-order valence-corrected chi connectivity index (χ1v) is 17.3. The number of pyridine rings is 2. The number of halogens is 2. The first kappa shape index (κ1) is 32.3. The molecule has 1 fully saturated rings. The molecule has 12 heteroatoms. The highest BCUT2D eigenvalue weighted by atomic mass is 127. The molecule has 9 nitrogen and oxygen atoms in total. The Morgan fingerprint density at radius 2 is 1.33 bits per heavy atom. The lowest BCUT2D eigenvalue weighted by molar-refractivity contribution is -0.137. The molecule has 6 rings (SSSR count). The highest BCUT2D eigenvalue weighted by molar-refractivity contribution is 14.1. The predicted octanol–water partition coefficient (Wildman–Crippen LogP) is 6.25. The zero-order valence-electron chi connectivity index (χ0n) is 24.4. The molecule has 5 aromatic rings. The van der Waals surface area contributed by atoms with E-state index in [0.717, 1.165) is 33.4 Å².